The molecule has 0 aromatic carbocycles. The molecule has 1 aliphatic heterocycles. The minimum Gasteiger partial charge on any atom is -0.408 e. The van der Waals surface area contributed by atoms with Gasteiger partial charge in [0.2, 0.25) is 11.8 Å². The molecule has 1 fully saturated rings. The molecule has 0 unspecified atom stereocenters. The number of amides is 1. The Labute approximate surface area is 81.1 Å². The first-order chi connectivity index (χ1) is 6.75. The number of rotatable bonds is 2. The molecule has 0 saturated carbocycles. The van der Waals surface area contributed by atoms with E-state index in [9.17, 15) is 4.79 Å². The van der Waals surface area contributed by atoms with Gasteiger partial charge in [-0.15, -0.1) is 5.10 Å². The standard InChI is InChI=1S/C8H12N4O2/c1-5-11-12-8(14-5)10-7(13)6-3-2-4-9-6/h6,9H,2-4H2,1H3,(H,10,12,13)/t6-/m1/s1. The summed E-state index contributed by atoms with van der Waals surface area (Å²) in [7, 11) is 0. The number of nitrogens with one attached hydrogen (secondary N) is 2. The molecule has 0 spiro atoms. The SMILES string of the molecule is Cc1nnc(NC(=O)[C@H]2CCCN2)o1. The van der Waals surface area contributed by atoms with E-state index in [1.54, 1.807) is 6.92 Å². The lowest BCUT2D eigenvalue weighted by Gasteiger charge is -2.07. The topological polar surface area (TPSA) is 80.0 Å². The van der Waals surface area contributed by atoms with Crippen molar-refractivity contribution >= 4 is 11.9 Å². The second-order valence-corrected chi connectivity index (χ2v) is 3.26. The van der Waals surface area contributed by atoms with Crippen molar-refractivity contribution in [2.75, 3.05) is 11.9 Å². The van der Waals surface area contributed by atoms with Gasteiger partial charge in [0.1, 0.15) is 0 Å². The first-order valence-electron chi connectivity index (χ1n) is 4.60. The van der Waals surface area contributed by atoms with Gasteiger partial charge in [0.05, 0.1) is 6.04 Å². The molecule has 6 nitrogen and oxygen atoms in total. The van der Waals surface area contributed by atoms with Crippen LogP contribution in [0.2, 0.25) is 0 Å². The number of hydrogen-bond donors (Lipinski definition) is 2. The van der Waals surface area contributed by atoms with Crippen molar-refractivity contribution in [1.29, 1.82) is 0 Å². The molecule has 2 N–H and O–H groups in total. The fourth-order valence-electron chi connectivity index (χ4n) is 1.45. The molecule has 0 radical (unpaired) electrons. The van der Waals surface area contributed by atoms with Crippen molar-refractivity contribution in [2.24, 2.45) is 0 Å². The zero-order valence-corrected chi connectivity index (χ0v) is 7.91. The highest BCUT2D eigenvalue weighted by atomic mass is 16.4. The Morgan fingerprint density at radius 3 is 3.07 bits per heavy atom. The largest absolute Gasteiger partial charge is 0.408 e. The Morgan fingerprint density at radius 2 is 2.50 bits per heavy atom. The second-order valence-electron chi connectivity index (χ2n) is 3.26. The van der Waals surface area contributed by atoms with E-state index in [2.05, 4.69) is 20.8 Å². The predicted molar refractivity (Wildman–Crippen MR) is 48.7 cm³/mol. The maximum absolute atomic E-state index is 11.5. The molecule has 1 aromatic heterocycles. The second kappa shape index (κ2) is 3.75. The fraction of sp³-hybridized carbons (Fsp3) is 0.625. The van der Waals surface area contributed by atoms with Gasteiger partial charge in [0.15, 0.2) is 0 Å². The zero-order chi connectivity index (χ0) is 9.97. The van der Waals surface area contributed by atoms with Gasteiger partial charge < -0.3 is 9.73 Å². The summed E-state index contributed by atoms with van der Waals surface area (Å²) < 4.78 is 5.03. The van der Waals surface area contributed by atoms with E-state index in [1.807, 2.05) is 0 Å². The van der Waals surface area contributed by atoms with E-state index >= 15 is 0 Å². The Bertz CT molecular complexity index is 330. The van der Waals surface area contributed by atoms with Crippen molar-refractivity contribution in [1.82, 2.24) is 15.5 Å². The van der Waals surface area contributed by atoms with E-state index in [0.29, 0.717) is 5.89 Å². The molecule has 1 amide bonds. The van der Waals surface area contributed by atoms with Crippen LogP contribution in [0, 0.1) is 6.92 Å². The highest BCUT2D eigenvalue weighted by Gasteiger charge is 2.23. The molecule has 0 bridgehead atoms. The van der Waals surface area contributed by atoms with Gasteiger partial charge in [-0.2, -0.15) is 0 Å². The van der Waals surface area contributed by atoms with Crippen LogP contribution in [0.25, 0.3) is 0 Å². The van der Waals surface area contributed by atoms with Gasteiger partial charge in [0.25, 0.3) is 0 Å². The predicted octanol–water partition coefficient (Wildman–Crippen LogP) is 0.0685. The lowest BCUT2D eigenvalue weighted by molar-refractivity contribution is -0.117. The molecule has 6 heteroatoms. The summed E-state index contributed by atoms with van der Waals surface area (Å²) >= 11 is 0. The smallest absolute Gasteiger partial charge is 0.322 e. The fourth-order valence-corrected chi connectivity index (χ4v) is 1.45. The normalized spacial score (nSPS) is 21.1. The van der Waals surface area contributed by atoms with E-state index in [-0.39, 0.29) is 18.0 Å². The molecular weight excluding hydrogens is 184 g/mol. The molecule has 2 heterocycles. The highest BCUT2D eigenvalue weighted by Crippen LogP contribution is 2.09. The van der Waals surface area contributed by atoms with Crippen LogP contribution in [0.3, 0.4) is 0 Å². The summed E-state index contributed by atoms with van der Waals surface area (Å²) in [4.78, 5) is 11.5. The van der Waals surface area contributed by atoms with Crippen molar-refractivity contribution in [3.8, 4) is 0 Å². The van der Waals surface area contributed by atoms with Crippen LogP contribution in [-0.4, -0.2) is 28.7 Å². The van der Waals surface area contributed by atoms with E-state index in [0.717, 1.165) is 19.4 Å². The highest BCUT2D eigenvalue weighted by molar-refractivity contribution is 5.93. The molecule has 1 aromatic rings. The van der Waals surface area contributed by atoms with Crippen LogP contribution >= 0.6 is 0 Å². The molecule has 1 atom stereocenters. The van der Waals surface area contributed by atoms with Crippen LogP contribution < -0.4 is 10.6 Å². The van der Waals surface area contributed by atoms with Crippen LogP contribution in [0.1, 0.15) is 18.7 Å². The number of carbonyl (C=O) groups excluding carboxylic acids is 1. The summed E-state index contributed by atoms with van der Waals surface area (Å²) in [6, 6.07) is 0.0448. The molecule has 14 heavy (non-hydrogen) atoms. The summed E-state index contributed by atoms with van der Waals surface area (Å²) in [5.41, 5.74) is 0. The third-order valence-electron chi connectivity index (χ3n) is 2.13. The van der Waals surface area contributed by atoms with Gasteiger partial charge in [0, 0.05) is 6.92 Å². The minimum atomic E-state index is -0.123. The first kappa shape index (κ1) is 9.14. The van der Waals surface area contributed by atoms with Crippen LogP contribution in [0.4, 0.5) is 6.01 Å². The van der Waals surface area contributed by atoms with Crippen LogP contribution in [0.15, 0.2) is 4.42 Å². The first-order valence-corrected chi connectivity index (χ1v) is 4.60. The third-order valence-corrected chi connectivity index (χ3v) is 2.13. The maximum Gasteiger partial charge on any atom is 0.322 e. The molecule has 0 aliphatic carbocycles. The van der Waals surface area contributed by atoms with Gasteiger partial charge in [-0.3, -0.25) is 10.1 Å². The lowest BCUT2D eigenvalue weighted by Crippen LogP contribution is -2.35. The van der Waals surface area contributed by atoms with Crippen molar-refractivity contribution in [3.05, 3.63) is 5.89 Å². The summed E-state index contributed by atoms with van der Waals surface area (Å²) in [5, 5.41) is 12.9. The number of hydrogen-bond acceptors (Lipinski definition) is 5. The molecule has 1 aliphatic rings. The number of anilines is 1. The number of nitrogens with zero attached hydrogens (tertiary/aromatic N) is 2. The van der Waals surface area contributed by atoms with Crippen LogP contribution in [-0.2, 0) is 4.79 Å². The average molecular weight is 196 g/mol. The van der Waals surface area contributed by atoms with Crippen molar-refractivity contribution < 1.29 is 9.21 Å². The van der Waals surface area contributed by atoms with Crippen molar-refractivity contribution in [3.63, 3.8) is 0 Å². The molecule has 76 valence electrons. The van der Waals surface area contributed by atoms with Gasteiger partial charge in [-0.1, -0.05) is 5.10 Å². The molecule has 1 saturated heterocycles. The van der Waals surface area contributed by atoms with Crippen LogP contribution in [0.5, 0.6) is 0 Å². The summed E-state index contributed by atoms with van der Waals surface area (Å²) in [5.74, 6) is 0.339. The number of aromatic nitrogens is 2. The summed E-state index contributed by atoms with van der Waals surface area (Å²) in [6.45, 7) is 2.57. The quantitative estimate of drug-likeness (QED) is 0.699. The van der Waals surface area contributed by atoms with E-state index < -0.39 is 0 Å². The Morgan fingerprint density at radius 1 is 1.64 bits per heavy atom. The monoisotopic (exact) mass is 196 g/mol. The lowest BCUT2D eigenvalue weighted by atomic mass is 10.2. The zero-order valence-electron chi connectivity index (χ0n) is 7.91. The average Bonchev–Trinajstić information content (AvgIpc) is 2.75. The minimum absolute atomic E-state index is 0.105. The Balaban J connectivity index is 1.93. The summed E-state index contributed by atoms with van der Waals surface area (Å²) in [6.07, 6.45) is 1.89. The Kier molecular flexibility index (Phi) is 2.45. The number of carbonyl (C=O) groups is 1. The molecular formula is C8H12N4O2. The van der Waals surface area contributed by atoms with E-state index in [4.69, 9.17) is 4.42 Å². The van der Waals surface area contributed by atoms with Gasteiger partial charge >= 0.3 is 6.01 Å². The van der Waals surface area contributed by atoms with E-state index in [1.165, 1.54) is 0 Å². The van der Waals surface area contributed by atoms with Gasteiger partial charge in [-0.05, 0) is 19.4 Å². The Hall–Kier alpha value is -1.43. The van der Waals surface area contributed by atoms with Crippen molar-refractivity contribution in [2.45, 2.75) is 25.8 Å². The third kappa shape index (κ3) is 1.90. The number of aryl methyl sites for hydroxylation is 1. The van der Waals surface area contributed by atoms with Gasteiger partial charge in [-0.25, -0.2) is 0 Å². The molecule has 2 rings (SSSR count). The maximum atomic E-state index is 11.5.